The van der Waals surface area contributed by atoms with E-state index in [0.717, 1.165) is 17.0 Å². The van der Waals surface area contributed by atoms with Crippen LogP contribution in [-0.4, -0.2) is 38.7 Å². The SMILES string of the molecule is CC[C@H](C)c1ccc(OCC(=O)Nc2ccc(N3CCN(c4c(F)c(F)c(F)c(F)c4F)CC3)cc2)cc1. The van der Waals surface area contributed by atoms with E-state index >= 15 is 0 Å². The van der Waals surface area contributed by atoms with Crippen molar-refractivity contribution >= 4 is 23.0 Å². The van der Waals surface area contributed by atoms with Crippen LogP contribution in [0, 0.1) is 29.1 Å². The zero-order chi connectivity index (χ0) is 27.4. The van der Waals surface area contributed by atoms with Crippen LogP contribution in [0.5, 0.6) is 5.75 Å². The molecule has 38 heavy (non-hydrogen) atoms. The van der Waals surface area contributed by atoms with Gasteiger partial charge in [0.05, 0.1) is 0 Å². The third-order valence-electron chi connectivity index (χ3n) is 6.73. The van der Waals surface area contributed by atoms with Crippen molar-refractivity contribution < 1.29 is 31.5 Å². The van der Waals surface area contributed by atoms with Crippen LogP contribution in [0.1, 0.15) is 31.7 Å². The Morgan fingerprint density at radius 2 is 1.34 bits per heavy atom. The molecule has 1 aliphatic rings. The van der Waals surface area contributed by atoms with E-state index in [9.17, 15) is 26.7 Å². The van der Waals surface area contributed by atoms with Crippen LogP contribution in [0.25, 0.3) is 0 Å². The summed E-state index contributed by atoms with van der Waals surface area (Å²) in [7, 11) is 0. The molecule has 0 aliphatic carbocycles. The zero-order valence-electron chi connectivity index (χ0n) is 21.0. The fourth-order valence-electron chi connectivity index (χ4n) is 4.29. The van der Waals surface area contributed by atoms with Gasteiger partial charge in [-0.1, -0.05) is 26.0 Å². The third-order valence-corrected chi connectivity index (χ3v) is 6.73. The minimum atomic E-state index is -2.17. The quantitative estimate of drug-likeness (QED) is 0.212. The van der Waals surface area contributed by atoms with Gasteiger partial charge in [0, 0.05) is 37.6 Å². The summed E-state index contributed by atoms with van der Waals surface area (Å²) in [5.74, 6) is -9.00. The van der Waals surface area contributed by atoms with E-state index in [1.165, 1.54) is 5.56 Å². The number of benzene rings is 3. The molecule has 0 aromatic heterocycles. The lowest BCUT2D eigenvalue weighted by atomic mass is 9.99. The van der Waals surface area contributed by atoms with Gasteiger partial charge in [-0.3, -0.25) is 4.79 Å². The van der Waals surface area contributed by atoms with Crippen LogP contribution in [-0.2, 0) is 4.79 Å². The largest absolute Gasteiger partial charge is 0.484 e. The van der Waals surface area contributed by atoms with Crippen LogP contribution < -0.4 is 19.9 Å². The highest BCUT2D eigenvalue weighted by Crippen LogP contribution is 2.31. The van der Waals surface area contributed by atoms with E-state index in [0.29, 0.717) is 30.4 Å². The molecule has 1 aliphatic heterocycles. The maximum atomic E-state index is 14.1. The Hall–Kier alpha value is -3.82. The monoisotopic (exact) mass is 533 g/mol. The lowest BCUT2D eigenvalue weighted by Crippen LogP contribution is -2.47. The molecule has 1 heterocycles. The highest BCUT2D eigenvalue weighted by atomic mass is 19.2. The van der Waals surface area contributed by atoms with Crippen molar-refractivity contribution in [1.82, 2.24) is 0 Å². The molecule has 5 nitrogen and oxygen atoms in total. The first-order valence-electron chi connectivity index (χ1n) is 12.3. The number of halogens is 5. The molecule has 1 saturated heterocycles. The molecule has 0 unspecified atom stereocenters. The minimum absolute atomic E-state index is 0.0620. The zero-order valence-corrected chi connectivity index (χ0v) is 21.0. The van der Waals surface area contributed by atoms with Crippen molar-refractivity contribution in [3.05, 3.63) is 83.2 Å². The lowest BCUT2D eigenvalue weighted by molar-refractivity contribution is -0.118. The number of carbonyl (C=O) groups is 1. The molecule has 3 aromatic rings. The predicted octanol–water partition coefficient (Wildman–Crippen LogP) is 6.24. The number of hydrogen-bond acceptors (Lipinski definition) is 4. The van der Waals surface area contributed by atoms with E-state index in [-0.39, 0.29) is 25.6 Å². The second-order valence-electron chi connectivity index (χ2n) is 9.15. The molecule has 1 amide bonds. The van der Waals surface area contributed by atoms with E-state index in [2.05, 4.69) is 19.2 Å². The van der Waals surface area contributed by atoms with Crippen LogP contribution in [0.3, 0.4) is 0 Å². The fraction of sp³-hybridized carbons (Fsp3) is 0.321. The fourth-order valence-corrected chi connectivity index (χ4v) is 4.29. The number of nitrogens with one attached hydrogen (secondary N) is 1. The second-order valence-corrected chi connectivity index (χ2v) is 9.15. The number of carbonyl (C=O) groups excluding carboxylic acids is 1. The van der Waals surface area contributed by atoms with Gasteiger partial charge in [0.2, 0.25) is 5.82 Å². The second kappa shape index (κ2) is 11.7. The van der Waals surface area contributed by atoms with E-state index < -0.39 is 34.8 Å². The summed E-state index contributed by atoms with van der Waals surface area (Å²) in [6, 6.07) is 14.6. The molecule has 202 valence electrons. The number of hydrogen-bond donors (Lipinski definition) is 1. The number of ether oxygens (including phenoxy) is 1. The number of nitrogens with zero attached hydrogens (tertiary/aromatic N) is 2. The maximum Gasteiger partial charge on any atom is 0.262 e. The topological polar surface area (TPSA) is 44.8 Å². The van der Waals surface area contributed by atoms with Crippen LogP contribution >= 0.6 is 0 Å². The summed E-state index contributed by atoms with van der Waals surface area (Å²) >= 11 is 0. The summed E-state index contributed by atoms with van der Waals surface area (Å²) in [5.41, 5.74) is 1.66. The van der Waals surface area contributed by atoms with Gasteiger partial charge in [0.15, 0.2) is 29.9 Å². The molecule has 3 aromatic carbocycles. The van der Waals surface area contributed by atoms with E-state index in [4.69, 9.17) is 4.74 Å². The summed E-state index contributed by atoms with van der Waals surface area (Å²) in [6.07, 6.45) is 1.04. The van der Waals surface area contributed by atoms with Crippen molar-refractivity contribution in [2.24, 2.45) is 0 Å². The molecular weight excluding hydrogens is 505 g/mol. The maximum absolute atomic E-state index is 14.1. The molecule has 1 N–H and O–H groups in total. The van der Waals surface area contributed by atoms with Gasteiger partial charge in [-0.2, -0.15) is 0 Å². The number of amides is 1. The van der Waals surface area contributed by atoms with Gasteiger partial charge in [-0.15, -0.1) is 0 Å². The average Bonchev–Trinajstić information content (AvgIpc) is 2.94. The molecule has 4 rings (SSSR count). The number of rotatable bonds is 8. The summed E-state index contributed by atoms with van der Waals surface area (Å²) in [6.45, 7) is 4.85. The van der Waals surface area contributed by atoms with Gasteiger partial charge in [0.1, 0.15) is 11.4 Å². The molecule has 0 saturated carbocycles. The third kappa shape index (κ3) is 5.84. The van der Waals surface area contributed by atoms with Crippen molar-refractivity contribution in [1.29, 1.82) is 0 Å². The van der Waals surface area contributed by atoms with Crippen molar-refractivity contribution in [3.8, 4) is 5.75 Å². The van der Waals surface area contributed by atoms with Gasteiger partial charge >= 0.3 is 0 Å². The van der Waals surface area contributed by atoms with Gasteiger partial charge < -0.3 is 19.9 Å². The average molecular weight is 534 g/mol. The number of piperazine rings is 1. The summed E-state index contributed by atoms with van der Waals surface area (Å²) in [4.78, 5) is 15.4. The van der Waals surface area contributed by atoms with Gasteiger partial charge in [-0.25, -0.2) is 22.0 Å². The Morgan fingerprint density at radius 1 is 0.816 bits per heavy atom. The normalized spacial score (nSPS) is 14.4. The molecule has 0 bridgehead atoms. The Kier molecular flexibility index (Phi) is 8.38. The molecule has 0 radical (unpaired) electrons. The van der Waals surface area contributed by atoms with E-state index in [1.54, 1.807) is 24.3 Å². The smallest absolute Gasteiger partial charge is 0.262 e. The molecule has 1 atom stereocenters. The lowest BCUT2D eigenvalue weighted by Gasteiger charge is -2.37. The van der Waals surface area contributed by atoms with Crippen molar-refractivity contribution in [3.63, 3.8) is 0 Å². The van der Waals surface area contributed by atoms with Crippen LogP contribution in [0.15, 0.2) is 48.5 Å². The summed E-state index contributed by atoms with van der Waals surface area (Å²) in [5, 5.41) is 2.76. The summed E-state index contributed by atoms with van der Waals surface area (Å²) < 4.78 is 74.4. The number of anilines is 3. The van der Waals surface area contributed by atoms with E-state index in [1.807, 2.05) is 29.2 Å². The Labute approximate surface area is 217 Å². The predicted molar refractivity (Wildman–Crippen MR) is 136 cm³/mol. The Balaban J connectivity index is 1.29. The van der Waals surface area contributed by atoms with Gasteiger partial charge in [0.25, 0.3) is 5.91 Å². The van der Waals surface area contributed by atoms with Crippen LogP contribution in [0.2, 0.25) is 0 Å². The molecule has 1 fully saturated rings. The standard InChI is InChI=1S/C28H28F5N3O2/c1-3-17(2)18-4-10-21(11-5-18)38-16-22(37)34-19-6-8-20(9-7-19)35-12-14-36(15-13-35)28-26(32)24(30)23(29)25(31)27(28)33/h4-11,17H,3,12-16H2,1-2H3,(H,34,37)/t17-/m0/s1. The highest BCUT2D eigenvalue weighted by molar-refractivity contribution is 5.92. The molecule has 10 heteroatoms. The Morgan fingerprint density at radius 3 is 1.89 bits per heavy atom. The molecule has 0 spiro atoms. The van der Waals surface area contributed by atoms with Crippen molar-refractivity contribution in [2.75, 3.05) is 47.9 Å². The first-order valence-corrected chi connectivity index (χ1v) is 12.3. The van der Waals surface area contributed by atoms with Crippen molar-refractivity contribution in [2.45, 2.75) is 26.2 Å². The minimum Gasteiger partial charge on any atom is -0.484 e. The highest BCUT2D eigenvalue weighted by Gasteiger charge is 2.30. The first-order chi connectivity index (χ1) is 18.2. The Bertz CT molecular complexity index is 1250. The first kappa shape index (κ1) is 27.2. The molecular formula is C28H28F5N3O2. The van der Waals surface area contributed by atoms with Gasteiger partial charge in [-0.05, 0) is 54.3 Å². The van der Waals surface area contributed by atoms with Crippen LogP contribution in [0.4, 0.5) is 39.0 Å².